The number of ether oxygens (including phenoxy) is 1. The van der Waals surface area contributed by atoms with Gasteiger partial charge >= 0.3 is 5.97 Å². The number of carboxylic acid groups (broad SMARTS) is 1. The number of aryl methyl sites for hydroxylation is 1. The molecule has 0 aliphatic heterocycles. The molecule has 0 saturated carbocycles. The first kappa shape index (κ1) is 14.0. The van der Waals surface area contributed by atoms with Crippen molar-refractivity contribution in [3.05, 3.63) is 5.82 Å². The molecule has 6 nitrogen and oxygen atoms in total. The molecule has 0 fully saturated rings. The van der Waals surface area contributed by atoms with Crippen LogP contribution < -0.4 is 0 Å². The van der Waals surface area contributed by atoms with E-state index in [4.69, 9.17) is 9.84 Å². The Kier molecular flexibility index (Phi) is 5.43. The van der Waals surface area contributed by atoms with Crippen molar-refractivity contribution in [1.82, 2.24) is 14.8 Å². The molecule has 0 amide bonds. The first-order chi connectivity index (χ1) is 8.02. The quantitative estimate of drug-likeness (QED) is 0.730. The van der Waals surface area contributed by atoms with Gasteiger partial charge in [0.05, 0.1) is 5.75 Å². The van der Waals surface area contributed by atoms with Gasteiger partial charge in [0.2, 0.25) is 0 Å². The van der Waals surface area contributed by atoms with E-state index >= 15 is 0 Å². The Morgan fingerprint density at radius 2 is 2.35 bits per heavy atom. The summed E-state index contributed by atoms with van der Waals surface area (Å²) in [4.78, 5) is 14.8. The van der Waals surface area contributed by atoms with Crippen LogP contribution in [0.25, 0.3) is 0 Å². The van der Waals surface area contributed by atoms with E-state index in [0.717, 1.165) is 12.2 Å². The van der Waals surface area contributed by atoms with Crippen LogP contribution in [0.4, 0.5) is 0 Å². The van der Waals surface area contributed by atoms with Gasteiger partial charge in [-0.15, -0.1) is 0 Å². The topological polar surface area (TPSA) is 77.2 Å². The van der Waals surface area contributed by atoms with Gasteiger partial charge in [0.15, 0.2) is 11.0 Å². The number of aromatic nitrogens is 3. The van der Waals surface area contributed by atoms with Crippen LogP contribution in [0.3, 0.4) is 0 Å². The second-order valence-corrected chi connectivity index (χ2v) is 4.82. The van der Waals surface area contributed by atoms with Gasteiger partial charge in [0, 0.05) is 27.2 Å². The van der Waals surface area contributed by atoms with Crippen molar-refractivity contribution in [2.75, 3.05) is 19.5 Å². The van der Waals surface area contributed by atoms with Gasteiger partial charge in [-0.3, -0.25) is 4.79 Å². The van der Waals surface area contributed by atoms with Crippen molar-refractivity contribution < 1.29 is 14.6 Å². The van der Waals surface area contributed by atoms with E-state index in [2.05, 4.69) is 17.0 Å². The lowest BCUT2D eigenvalue weighted by atomic mass is 10.1. The number of carboxylic acids is 1. The molecule has 1 unspecified atom stereocenters. The van der Waals surface area contributed by atoms with Crippen LogP contribution in [0.15, 0.2) is 5.16 Å². The minimum atomic E-state index is -0.854. The maximum absolute atomic E-state index is 10.5. The van der Waals surface area contributed by atoms with Crippen molar-refractivity contribution in [3.63, 3.8) is 0 Å². The van der Waals surface area contributed by atoms with Gasteiger partial charge in [-0.25, -0.2) is 9.67 Å². The molecular formula is C10H17N3O3S. The van der Waals surface area contributed by atoms with E-state index in [1.807, 2.05) is 0 Å². The minimum Gasteiger partial charge on any atom is -0.481 e. The summed E-state index contributed by atoms with van der Waals surface area (Å²) in [6.45, 7) is 2.72. The molecule has 0 radical (unpaired) electrons. The van der Waals surface area contributed by atoms with Crippen LogP contribution >= 0.6 is 11.8 Å². The third-order valence-corrected chi connectivity index (χ3v) is 3.08. The third kappa shape index (κ3) is 4.74. The van der Waals surface area contributed by atoms with Crippen molar-refractivity contribution in [2.45, 2.75) is 18.5 Å². The maximum Gasteiger partial charge on any atom is 0.313 e. The van der Waals surface area contributed by atoms with Crippen LogP contribution in [0.5, 0.6) is 0 Å². The highest BCUT2D eigenvalue weighted by Gasteiger charge is 2.12. The van der Waals surface area contributed by atoms with Crippen LogP contribution in [0, 0.1) is 5.92 Å². The number of aliphatic carboxylic acids is 1. The van der Waals surface area contributed by atoms with E-state index in [0.29, 0.717) is 17.7 Å². The van der Waals surface area contributed by atoms with Crippen molar-refractivity contribution in [3.8, 4) is 0 Å². The van der Waals surface area contributed by atoms with Gasteiger partial charge in [-0.2, -0.15) is 5.10 Å². The number of nitrogens with zero attached hydrogens (tertiary/aromatic N) is 3. The first-order valence-corrected chi connectivity index (χ1v) is 6.25. The summed E-state index contributed by atoms with van der Waals surface area (Å²) in [5.41, 5.74) is 0. The first-order valence-electron chi connectivity index (χ1n) is 5.26. The Morgan fingerprint density at radius 1 is 1.65 bits per heavy atom. The number of rotatable bonds is 7. The molecule has 0 aliphatic carbocycles. The lowest BCUT2D eigenvalue weighted by molar-refractivity contribution is -0.133. The highest BCUT2D eigenvalue weighted by Crippen LogP contribution is 2.15. The highest BCUT2D eigenvalue weighted by molar-refractivity contribution is 7.99. The van der Waals surface area contributed by atoms with Crippen molar-refractivity contribution in [2.24, 2.45) is 13.0 Å². The SMILES string of the molecule is COCC(C)Cc1nc(SCC(=O)O)n(C)n1. The predicted octanol–water partition coefficient (Wildman–Crippen LogP) is 0.817. The van der Waals surface area contributed by atoms with Gasteiger partial charge in [0.1, 0.15) is 0 Å². The number of hydrogen-bond donors (Lipinski definition) is 1. The second-order valence-electron chi connectivity index (χ2n) is 3.88. The Bertz CT molecular complexity index is 381. The van der Waals surface area contributed by atoms with E-state index < -0.39 is 5.97 Å². The lowest BCUT2D eigenvalue weighted by Gasteiger charge is -2.05. The third-order valence-electron chi connectivity index (χ3n) is 2.07. The summed E-state index contributed by atoms with van der Waals surface area (Å²) >= 11 is 1.17. The summed E-state index contributed by atoms with van der Waals surface area (Å²) < 4.78 is 6.66. The minimum absolute atomic E-state index is 0.000399. The Hall–Kier alpha value is -1.08. The summed E-state index contributed by atoms with van der Waals surface area (Å²) in [6.07, 6.45) is 0.731. The highest BCUT2D eigenvalue weighted by atomic mass is 32.2. The molecule has 96 valence electrons. The molecule has 1 aromatic rings. The average Bonchev–Trinajstić information content (AvgIpc) is 2.56. The number of carbonyl (C=O) groups is 1. The van der Waals surface area contributed by atoms with E-state index in [1.165, 1.54) is 11.8 Å². The van der Waals surface area contributed by atoms with E-state index in [9.17, 15) is 4.79 Å². The standard InChI is InChI=1S/C10H17N3O3S/c1-7(5-16-3)4-8-11-10(13(2)12-8)17-6-9(14)15/h7H,4-6H2,1-3H3,(H,14,15). The molecule has 0 spiro atoms. The van der Waals surface area contributed by atoms with Gasteiger partial charge in [-0.1, -0.05) is 18.7 Å². The van der Waals surface area contributed by atoms with Gasteiger partial charge in [0.25, 0.3) is 0 Å². The van der Waals surface area contributed by atoms with E-state index in [1.54, 1.807) is 18.8 Å². The van der Waals surface area contributed by atoms with Gasteiger partial charge < -0.3 is 9.84 Å². The Balaban J connectivity index is 2.58. The second kappa shape index (κ2) is 6.61. The summed E-state index contributed by atoms with van der Waals surface area (Å²) in [7, 11) is 3.43. The normalized spacial score (nSPS) is 12.6. The Morgan fingerprint density at radius 3 is 2.94 bits per heavy atom. The van der Waals surface area contributed by atoms with Crippen LogP contribution in [-0.4, -0.2) is 45.3 Å². The molecule has 1 atom stereocenters. The molecule has 7 heteroatoms. The number of thioether (sulfide) groups is 1. The molecule has 1 heterocycles. The van der Waals surface area contributed by atoms with Crippen LogP contribution in [0.2, 0.25) is 0 Å². The zero-order valence-corrected chi connectivity index (χ0v) is 11.0. The molecular weight excluding hydrogens is 242 g/mol. The molecule has 1 N–H and O–H groups in total. The zero-order chi connectivity index (χ0) is 12.8. The molecule has 1 aromatic heterocycles. The summed E-state index contributed by atoms with van der Waals surface area (Å²) in [6, 6.07) is 0. The molecule has 0 saturated heterocycles. The maximum atomic E-state index is 10.5. The average molecular weight is 259 g/mol. The fraction of sp³-hybridized carbons (Fsp3) is 0.700. The monoisotopic (exact) mass is 259 g/mol. The summed E-state index contributed by atoms with van der Waals surface area (Å²) in [5, 5.41) is 13.5. The van der Waals surface area contributed by atoms with Crippen molar-refractivity contribution >= 4 is 17.7 Å². The Labute approximate surface area is 104 Å². The van der Waals surface area contributed by atoms with Crippen LogP contribution in [0.1, 0.15) is 12.7 Å². The van der Waals surface area contributed by atoms with Crippen molar-refractivity contribution in [1.29, 1.82) is 0 Å². The fourth-order valence-corrected chi connectivity index (χ4v) is 2.06. The molecule has 17 heavy (non-hydrogen) atoms. The molecule has 0 bridgehead atoms. The smallest absolute Gasteiger partial charge is 0.313 e. The number of hydrogen-bond acceptors (Lipinski definition) is 5. The summed E-state index contributed by atoms with van der Waals surface area (Å²) in [5.74, 6) is 0.219. The number of methoxy groups -OCH3 is 1. The van der Waals surface area contributed by atoms with Crippen LogP contribution in [-0.2, 0) is 23.0 Å². The van der Waals surface area contributed by atoms with E-state index in [-0.39, 0.29) is 5.75 Å². The van der Waals surface area contributed by atoms with Gasteiger partial charge in [-0.05, 0) is 5.92 Å². The molecule has 0 aromatic carbocycles. The largest absolute Gasteiger partial charge is 0.481 e. The fourth-order valence-electron chi connectivity index (χ4n) is 1.41. The predicted molar refractivity (Wildman–Crippen MR) is 64.1 cm³/mol. The lowest BCUT2D eigenvalue weighted by Crippen LogP contribution is -2.08. The zero-order valence-electron chi connectivity index (χ0n) is 10.2. The molecule has 1 rings (SSSR count). The molecule has 0 aliphatic rings.